The van der Waals surface area contributed by atoms with E-state index >= 15 is 0 Å². The van der Waals surface area contributed by atoms with Crippen molar-refractivity contribution in [2.45, 2.75) is 37.8 Å². The first-order valence-corrected chi connectivity index (χ1v) is 9.66. The van der Waals surface area contributed by atoms with Crippen LogP contribution in [0.4, 0.5) is 0 Å². The van der Waals surface area contributed by atoms with Gasteiger partial charge in [-0.25, -0.2) is 0 Å². The van der Waals surface area contributed by atoms with Crippen molar-refractivity contribution in [2.75, 3.05) is 26.2 Å². The first-order valence-electron chi connectivity index (χ1n) is 9.28. The highest BCUT2D eigenvalue weighted by molar-refractivity contribution is 6.45. The molecule has 6 rings (SSSR count). The Morgan fingerprint density at radius 3 is 2.65 bits per heavy atom. The van der Waals surface area contributed by atoms with Gasteiger partial charge >= 0.3 is 0 Å². The van der Waals surface area contributed by atoms with E-state index in [0.717, 1.165) is 68.8 Å². The molecule has 0 amide bonds. The summed E-state index contributed by atoms with van der Waals surface area (Å²) in [6, 6.07) is 4.60. The number of halogens is 1. The number of carbonyl (C=O) groups is 1. The predicted octanol–water partition coefficient (Wildman–Crippen LogP) is 2.35. The van der Waals surface area contributed by atoms with Crippen LogP contribution in [-0.2, 0) is 17.8 Å². The Hall–Kier alpha value is -1.74. The van der Waals surface area contributed by atoms with Gasteiger partial charge in [0.15, 0.2) is 5.78 Å². The summed E-state index contributed by atoms with van der Waals surface area (Å²) in [6.07, 6.45) is 7.16. The predicted molar refractivity (Wildman–Crippen MR) is 98.3 cm³/mol. The van der Waals surface area contributed by atoms with Crippen molar-refractivity contribution in [1.29, 1.82) is 5.26 Å². The monoisotopic (exact) mass is 368 g/mol. The second-order valence-electron chi connectivity index (χ2n) is 8.39. The molecule has 1 aliphatic heterocycles. The van der Waals surface area contributed by atoms with Gasteiger partial charge in [0.2, 0.25) is 0 Å². The Labute approximate surface area is 158 Å². The van der Waals surface area contributed by atoms with Gasteiger partial charge in [-0.05, 0) is 36.5 Å². The molecule has 2 bridgehead atoms. The Morgan fingerprint density at radius 2 is 1.96 bits per heavy atom. The topological polar surface area (TPSA) is 60.2 Å². The Kier molecular flexibility index (Phi) is 3.56. The van der Waals surface area contributed by atoms with Gasteiger partial charge in [-0.3, -0.25) is 19.6 Å². The third-order valence-corrected chi connectivity index (χ3v) is 6.95. The van der Waals surface area contributed by atoms with Crippen molar-refractivity contribution in [3.8, 4) is 6.07 Å². The normalized spacial score (nSPS) is 33.5. The van der Waals surface area contributed by atoms with E-state index in [9.17, 15) is 10.1 Å². The highest BCUT2D eigenvalue weighted by atomic mass is 35.5. The number of carbonyl (C=O) groups excluding carboxylic acids is 1. The van der Waals surface area contributed by atoms with E-state index in [1.165, 1.54) is 0 Å². The molecular formula is C20H21ClN4O. The molecule has 5 nitrogen and oxygen atoms in total. The molecule has 6 heteroatoms. The maximum Gasteiger partial charge on any atom is 0.178 e. The summed E-state index contributed by atoms with van der Waals surface area (Å²) in [4.78, 5) is 21.4. The zero-order valence-electron chi connectivity index (χ0n) is 14.7. The van der Waals surface area contributed by atoms with Crippen LogP contribution in [0.3, 0.4) is 0 Å². The molecule has 0 radical (unpaired) electrons. The number of piperazine rings is 1. The molecule has 134 valence electrons. The molecule has 1 aromatic rings. The summed E-state index contributed by atoms with van der Waals surface area (Å²) >= 11 is 5.92. The fraction of sp³-hybridized carbons (Fsp3) is 0.550. The van der Waals surface area contributed by atoms with Crippen LogP contribution in [0.1, 0.15) is 36.1 Å². The van der Waals surface area contributed by atoms with E-state index in [1.807, 2.05) is 6.20 Å². The van der Waals surface area contributed by atoms with Crippen LogP contribution in [0.5, 0.6) is 0 Å². The van der Waals surface area contributed by atoms with Crippen molar-refractivity contribution in [3.05, 3.63) is 34.1 Å². The smallest absolute Gasteiger partial charge is 0.178 e. The quantitative estimate of drug-likeness (QED) is 0.819. The second kappa shape index (κ2) is 5.63. The lowest BCUT2D eigenvalue weighted by Crippen LogP contribution is -2.75. The molecule has 2 heterocycles. The summed E-state index contributed by atoms with van der Waals surface area (Å²) in [6.45, 7) is 5.12. The molecule has 4 aliphatic carbocycles. The van der Waals surface area contributed by atoms with Crippen LogP contribution in [0.2, 0.25) is 0 Å². The highest BCUT2D eigenvalue weighted by Gasteiger charge is 2.70. The molecular weight excluding hydrogens is 348 g/mol. The summed E-state index contributed by atoms with van der Waals surface area (Å²) in [5.41, 5.74) is 3.33. The number of nitrogens with zero attached hydrogens (tertiary/aromatic N) is 4. The molecule has 0 N–H and O–H groups in total. The lowest BCUT2D eigenvalue weighted by Gasteiger charge is -2.71. The van der Waals surface area contributed by atoms with Gasteiger partial charge in [-0.1, -0.05) is 17.7 Å². The van der Waals surface area contributed by atoms with E-state index in [2.05, 4.69) is 26.9 Å². The molecule has 1 saturated heterocycles. The molecule has 4 fully saturated rings. The molecule has 0 spiro atoms. The first kappa shape index (κ1) is 16.4. The number of rotatable bonds is 3. The van der Waals surface area contributed by atoms with Gasteiger partial charge in [0.1, 0.15) is 0 Å². The summed E-state index contributed by atoms with van der Waals surface area (Å²) in [5.74, 6) is -0.0274. The van der Waals surface area contributed by atoms with E-state index in [-0.39, 0.29) is 16.2 Å². The molecule has 0 atom stereocenters. The van der Waals surface area contributed by atoms with Crippen molar-refractivity contribution in [2.24, 2.45) is 5.41 Å². The van der Waals surface area contributed by atoms with Gasteiger partial charge in [-0.15, -0.1) is 0 Å². The minimum absolute atomic E-state index is 0.0274. The van der Waals surface area contributed by atoms with E-state index in [0.29, 0.717) is 12.0 Å². The van der Waals surface area contributed by atoms with Gasteiger partial charge < -0.3 is 0 Å². The molecule has 0 unspecified atom stereocenters. The maximum absolute atomic E-state index is 11.8. The minimum Gasteiger partial charge on any atom is -0.296 e. The number of hydrogen-bond acceptors (Lipinski definition) is 5. The van der Waals surface area contributed by atoms with E-state index in [1.54, 1.807) is 6.08 Å². The van der Waals surface area contributed by atoms with E-state index in [4.69, 9.17) is 11.6 Å². The number of Topliss-reactive ketones (excluding diaryl/α,β-unsaturated/α-hetero) is 1. The third kappa shape index (κ3) is 2.44. The molecule has 0 aromatic carbocycles. The van der Waals surface area contributed by atoms with Crippen LogP contribution >= 0.6 is 11.6 Å². The number of pyridine rings is 1. The Balaban J connectivity index is 1.20. The zero-order valence-corrected chi connectivity index (χ0v) is 15.4. The molecule has 26 heavy (non-hydrogen) atoms. The van der Waals surface area contributed by atoms with Crippen molar-refractivity contribution in [1.82, 2.24) is 14.8 Å². The van der Waals surface area contributed by atoms with Crippen molar-refractivity contribution >= 4 is 23.5 Å². The van der Waals surface area contributed by atoms with Gasteiger partial charge in [0.25, 0.3) is 0 Å². The fourth-order valence-electron chi connectivity index (χ4n) is 5.21. The number of ketones is 1. The summed E-state index contributed by atoms with van der Waals surface area (Å²) < 4.78 is 0. The zero-order chi connectivity index (χ0) is 17.9. The summed E-state index contributed by atoms with van der Waals surface area (Å²) in [7, 11) is 0. The Morgan fingerprint density at radius 1 is 1.23 bits per heavy atom. The summed E-state index contributed by atoms with van der Waals surface area (Å²) in [5, 5.41) is 9.48. The first-order chi connectivity index (χ1) is 12.5. The van der Waals surface area contributed by atoms with Crippen LogP contribution in [0.25, 0.3) is 6.08 Å². The lowest BCUT2D eigenvalue weighted by atomic mass is 9.39. The number of allylic oxidation sites excluding steroid dienone is 1. The van der Waals surface area contributed by atoms with Gasteiger partial charge in [0, 0.05) is 50.9 Å². The fourth-order valence-corrected chi connectivity index (χ4v) is 5.38. The number of nitriles is 1. The number of hydrogen-bond donors (Lipinski definition) is 0. The Bertz CT molecular complexity index is 843. The van der Waals surface area contributed by atoms with E-state index < -0.39 is 0 Å². The van der Waals surface area contributed by atoms with Gasteiger partial charge in [0.05, 0.1) is 22.2 Å². The minimum atomic E-state index is -0.0274. The van der Waals surface area contributed by atoms with Crippen LogP contribution in [0, 0.1) is 16.7 Å². The largest absolute Gasteiger partial charge is 0.296 e. The number of aromatic nitrogens is 1. The van der Waals surface area contributed by atoms with Crippen molar-refractivity contribution in [3.63, 3.8) is 0 Å². The lowest BCUT2D eigenvalue weighted by molar-refractivity contribution is -0.195. The maximum atomic E-state index is 11.8. The highest BCUT2D eigenvalue weighted by Crippen LogP contribution is 2.69. The van der Waals surface area contributed by atoms with Crippen LogP contribution in [0.15, 0.2) is 17.3 Å². The standard InChI is InChI=1S/C20H21ClN4O/c21-16-7-17-15(6-18(16)26)5-14(8-23-17)9-24-1-3-25(4-2-24)20-10-19(11-20,12-20)13-22/h5,7-8H,1-4,6,9-12H2. The van der Waals surface area contributed by atoms with Gasteiger partial charge in [-0.2, -0.15) is 5.26 Å². The molecule has 3 saturated carbocycles. The average Bonchev–Trinajstić information content (AvgIpc) is 2.56. The molecule has 5 aliphatic rings. The average molecular weight is 369 g/mol. The SMILES string of the molecule is N#CC12CC(N3CCN(Cc4cnc5c(c4)CC(=O)C(Cl)=C5)CC3)(C1)C2. The third-order valence-electron chi connectivity index (χ3n) is 6.63. The van der Waals surface area contributed by atoms with Crippen molar-refractivity contribution < 1.29 is 4.79 Å². The van der Waals surface area contributed by atoms with Crippen LogP contribution in [-0.4, -0.2) is 52.3 Å². The molecule has 1 aromatic heterocycles. The second-order valence-corrected chi connectivity index (χ2v) is 8.80. The number of fused-ring (bicyclic) bond motifs is 1. The van der Waals surface area contributed by atoms with Crippen LogP contribution < -0.4 is 0 Å².